The summed E-state index contributed by atoms with van der Waals surface area (Å²) in [5.41, 5.74) is 3.68. The zero-order valence-corrected chi connectivity index (χ0v) is 17.1. The van der Waals surface area contributed by atoms with Gasteiger partial charge in [-0.15, -0.1) is 0 Å². The predicted octanol–water partition coefficient (Wildman–Crippen LogP) is 6.66. The van der Waals surface area contributed by atoms with E-state index in [0.717, 1.165) is 19.3 Å². The Labute approximate surface area is 173 Å². The van der Waals surface area contributed by atoms with E-state index in [1.165, 1.54) is 16.7 Å². The van der Waals surface area contributed by atoms with Gasteiger partial charge in [-0.25, -0.2) is 0 Å². The summed E-state index contributed by atoms with van der Waals surface area (Å²) >= 11 is 0. The van der Waals surface area contributed by atoms with E-state index in [2.05, 4.69) is 13.8 Å². The molecule has 0 heterocycles. The molecule has 29 heavy (non-hydrogen) atoms. The molecule has 0 saturated heterocycles. The Morgan fingerprint density at radius 2 is 0.931 bits per heavy atom. The molecule has 0 saturated carbocycles. The molecule has 0 bridgehead atoms. The first-order chi connectivity index (χ1) is 14.0. The molecular weight excluding hydrogens is 360 g/mol. The highest BCUT2D eigenvalue weighted by Gasteiger charge is 2.22. The van der Waals surface area contributed by atoms with Gasteiger partial charge >= 0.3 is 0 Å². The van der Waals surface area contributed by atoms with Crippen molar-refractivity contribution in [3.63, 3.8) is 0 Å². The fraction of sp³-hybridized carbons (Fsp3) is 0.308. The molecule has 152 valence electrons. The van der Waals surface area contributed by atoms with Crippen LogP contribution in [0.4, 0.5) is 0 Å². The Morgan fingerprint density at radius 3 is 1.34 bits per heavy atom. The minimum Gasteiger partial charge on any atom is -0.508 e. The quantitative estimate of drug-likeness (QED) is 0.403. The summed E-state index contributed by atoms with van der Waals surface area (Å²) in [6.45, 7) is 4.43. The number of hydrogen-bond acceptors (Lipinski definition) is 3. The lowest BCUT2D eigenvalue weighted by molar-refractivity contribution is 0.459. The van der Waals surface area contributed by atoms with Crippen LogP contribution in [0.2, 0.25) is 0 Å². The van der Waals surface area contributed by atoms with E-state index in [1.807, 2.05) is 36.4 Å². The van der Waals surface area contributed by atoms with Crippen molar-refractivity contribution in [2.75, 3.05) is 0 Å². The second kappa shape index (κ2) is 9.51. The Bertz CT molecular complexity index is 883. The van der Waals surface area contributed by atoms with E-state index in [1.54, 1.807) is 36.4 Å². The second-order valence-electron chi connectivity index (χ2n) is 7.95. The van der Waals surface area contributed by atoms with Crippen LogP contribution in [0.1, 0.15) is 67.6 Å². The molecule has 0 fully saturated rings. The van der Waals surface area contributed by atoms with Crippen LogP contribution in [0.5, 0.6) is 17.2 Å². The zero-order valence-electron chi connectivity index (χ0n) is 17.1. The van der Waals surface area contributed by atoms with Gasteiger partial charge in [-0.1, -0.05) is 50.2 Å². The largest absolute Gasteiger partial charge is 0.508 e. The predicted molar refractivity (Wildman–Crippen MR) is 118 cm³/mol. The van der Waals surface area contributed by atoms with Crippen LogP contribution in [0, 0.1) is 0 Å². The minimum absolute atomic E-state index is 0.282. The smallest absolute Gasteiger partial charge is 0.115 e. The van der Waals surface area contributed by atoms with Crippen molar-refractivity contribution < 1.29 is 15.3 Å². The number of phenolic OH excluding ortho intramolecular Hbond substituents is 3. The summed E-state index contributed by atoms with van der Waals surface area (Å²) in [6.07, 6.45) is 2.99. The van der Waals surface area contributed by atoms with E-state index < -0.39 is 0 Å². The number of benzene rings is 3. The van der Waals surface area contributed by atoms with Crippen LogP contribution in [-0.2, 0) is 0 Å². The highest BCUT2D eigenvalue weighted by Crippen LogP contribution is 2.39. The second-order valence-corrected chi connectivity index (χ2v) is 7.95. The third kappa shape index (κ3) is 5.54. The summed E-state index contributed by atoms with van der Waals surface area (Å²) in [6, 6.07) is 22.6. The van der Waals surface area contributed by atoms with Gasteiger partial charge < -0.3 is 15.3 Å². The van der Waals surface area contributed by atoms with Crippen molar-refractivity contribution in [2.45, 2.75) is 50.9 Å². The van der Waals surface area contributed by atoms with E-state index >= 15 is 0 Å². The molecule has 3 aromatic rings. The molecule has 0 amide bonds. The van der Waals surface area contributed by atoms with Crippen molar-refractivity contribution in [3.05, 3.63) is 89.5 Å². The Morgan fingerprint density at radius 1 is 0.552 bits per heavy atom. The van der Waals surface area contributed by atoms with Crippen LogP contribution in [0.15, 0.2) is 72.8 Å². The Kier molecular flexibility index (Phi) is 6.82. The molecule has 3 aromatic carbocycles. The van der Waals surface area contributed by atoms with Gasteiger partial charge in [-0.3, -0.25) is 0 Å². The van der Waals surface area contributed by atoms with Crippen molar-refractivity contribution in [2.24, 2.45) is 0 Å². The normalized spacial score (nSPS) is 14.3. The molecule has 3 unspecified atom stereocenters. The summed E-state index contributed by atoms with van der Waals surface area (Å²) in [5, 5.41) is 28.9. The Hall–Kier alpha value is -2.94. The SMILES string of the molecule is CCC(CC(CC(C)c1ccc(O)cc1)c1ccc(O)cc1)c1ccc(O)cc1. The number of hydrogen-bond donors (Lipinski definition) is 3. The lowest BCUT2D eigenvalue weighted by Crippen LogP contribution is -2.10. The van der Waals surface area contributed by atoms with Crippen LogP contribution in [0.3, 0.4) is 0 Å². The minimum atomic E-state index is 0.282. The third-order valence-electron chi connectivity index (χ3n) is 5.89. The topological polar surface area (TPSA) is 60.7 Å². The molecule has 0 spiro atoms. The molecule has 3 nitrogen and oxygen atoms in total. The van der Waals surface area contributed by atoms with Crippen LogP contribution < -0.4 is 0 Å². The first-order valence-electron chi connectivity index (χ1n) is 10.3. The van der Waals surface area contributed by atoms with Gasteiger partial charge in [0.25, 0.3) is 0 Å². The van der Waals surface area contributed by atoms with Gasteiger partial charge in [0.15, 0.2) is 0 Å². The van der Waals surface area contributed by atoms with Crippen LogP contribution >= 0.6 is 0 Å². The average Bonchev–Trinajstić information content (AvgIpc) is 2.73. The van der Waals surface area contributed by atoms with Crippen LogP contribution in [-0.4, -0.2) is 15.3 Å². The molecule has 3 atom stereocenters. The van der Waals surface area contributed by atoms with E-state index in [9.17, 15) is 15.3 Å². The summed E-state index contributed by atoms with van der Waals surface area (Å²) in [4.78, 5) is 0. The van der Waals surface area contributed by atoms with E-state index in [4.69, 9.17) is 0 Å². The summed E-state index contributed by atoms with van der Waals surface area (Å²) in [5.74, 6) is 1.92. The van der Waals surface area contributed by atoms with E-state index in [0.29, 0.717) is 23.5 Å². The van der Waals surface area contributed by atoms with Gasteiger partial charge in [0.05, 0.1) is 0 Å². The Balaban J connectivity index is 1.84. The molecule has 0 aromatic heterocycles. The molecule has 3 heteroatoms. The van der Waals surface area contributed by atoms with Crippen LogP contribution in [0.25, 0.3) is 0 Å². The fourth-order valence-corrected chi connectivity index (χ4v) is 4.11. The first-order valence-corrected chi connectivity index (χ1v) is 10.3. The molecule has 0 aliphatic rings. The van der Waals surface area contributed by atoms with Crippen molar-refractivity contribution in [1.29, 1.82) is 0 Å². The highest BCUT2D eigenvalue weighted by atomic mass is 16.3. The third-order valence-corrected chi connectivity index (χ3v) is 5.89. The summed E-state index contributed by atoms with van der Waals surface area (Å²) < 4.78 is 0. The van der Waals surface area contributed by atoms with Gasteiger partial charge in [0.1, 0.15) is 17.2 Å². The lowest BCUT2D eigenvalue weighted by Gasteiger charge is -2.26. The zero-order chi connectivity index (χ0) is 20.8. The standard InChI is InChI=1S/C26H30O3/c1-3-19(21-6-12-25(28)13-7-21)17-23(22-8-14-26(29)15-9-22)16-18(2)20-4-10-24(27)11-5-20/h4-15,18-19,23,27-29H,3,16-17H2,1-2H3. The molecule has 3 rings (SSSR count). The molecule has 3 N–H and O–H groups in total. The molecule has 0 aliphatic heterocycles. The molecule has 0 radical (unpaired) electrons. The number of aromatic hydroxyl groups is 3. The summed E-state index contributed by atoms with van der Waals surface area (Å²) in [7, 11) is 0. The van der Waals surface area contributed by atoms with Gasteiger partial charge in [0.2, 0.25) is 0 Å². The monoisotopic (exact) mass is 390 g/mol. The lowest BCUT2D eigenvalue weighted by atomic mass is 9.78. The average molecular weight is 391 g/mol. The maximum atomic E-state index is 9.71. The van der Waals surface area contributed by atoms with Gasteiger partial charge in [0, 0.05) is 0 Å². The van der Waals surface area contributed by atoms with Gasteiger partial charge in [-0.2, -0.15) is 0 Å². The number of rotatable bonds is 8. The van der Waals surface area contributed by atoms with E-state index in [-0.39, 0.29) is 11.5 Å². The van der Waals surface area contributed by atoms with Crippen molar-refractivity contribution >= 4 is 0 Å². The number of phenols is 3. The highest BCUT2D eigenvalue weighted by molar-refractivity contribution is 5.33. The van der Waals surface area contributed by atoms with Crippen molar-refractivity contribution in [1.82, 2.24) is 0 Å². The molecular formula is C26H30O3. The first kappa shape index (κ1) is 20.8. The van der Waals surface area contributed by atoms with Crippen molar-refractivity contribution in [3.8, 4) is 17.2 Å². The molecule has 0 aliphatic carbocycles. The maximum absolute atomic E-state index is 9.71. The fourth-order valence-electron chi connectivity index (χ4n) is 4.11. The maximum Gasteiger partial charge on any atom is 0.115 e. The van der Waals surface area contributed by atoms with Gasteiger partial charge in [-0.05, 0) is 90.1 Å².